The molecule has 0 bridgehead atoms. The largest absolute Gasteiger partial charge is 0.353 e. The monoisotopic (exact) mass is 241 g/mol. The summed E-state index contributed by atoms with van der Waals surface area (Å²) in [5.41, 5.74) is 2.38. The first kappa shape index (κ1) is 11.3. The maximum absolute atomic E-state index is 4.59. The fourth-order valence-corrected chi connectivity index (χ4v) is 2.22. The minimum absolute atomic E-state index is 0.314. The minimum Gasteiger partial charge on any atom is -0.353 e. The fourth-order valence-electron chi connectivity index (χ4n) is 2.22. The molecule has 1 aliphatic carbocycles. The molecule has 0 aliphatic heterocycles. The van der Waals surface area contributed by atoms with E-state index in [0.717, 1.165) is 11.6 Å². The van der Waals surface area contributed by atoms with Crippen LogP contribution in [0.15, 0.2) is 36.5 Å². The summed E-state index contributed by atoms with van der Waals surface area (Å²) in [4.78, 5) is 4.59. The molecule has 1 N–H and O–H groups in total. The third kappa shape index (κ3) is 2.26. The Bertz CT molecular complexity index is 526. The second-order valence-corrected chi connectivity index (χ2v) is 5.12. The quantitative estimate of drug-likeness (QED) is 0.889. The van der Waals surface area contributed by atoms with Gasteiger partial charge in [0.2, 0.25) is 5.95 Å². The van der Waals surface area contributed by atoms with Gasteiger partial charge in [0.15, 0.2) is 0 Å². The summed E-state index contributed by atoms with van der Waals surface area (Å²) in [7, 11) is 0. The van der Waals surface area contributed by atoms with Gasteiger partial charge in [-0.15, -0.1) is 0 Å². The van der Waals surface area contributed by atoms with Gasteiger partial charge in [-0.25, -0.2) is 4.98 Å². The van der Waals surface area contributed by atoms with Crippen LogP contribution in [0.2, 0.25) is 0 Å². The maximum Gasteiger partial charge on any atom is 0.203 e. The molecule has 1 aliphatic rings. The van der Waals surface area contributed by atoms with E-state index in [1.165, 1.54) is 18.4 Å². The van der Waals surface area contributed by atoms with Crippen molar-refractivity contribution in [2.75, 3.05) is 5.32 Å². The molecule has 1 heterocycles. The van der Waals surface area contributed by atoms with E-state index >= 15 is 0 Å². The first-order valence-corrected chi connectivity index (χ1v) is 6.61. The summed E-state index contributed by atoms with van der Waals surface area (Å²) in [5.74, 6) is 1.01. The van der Waals surface area contributed by atoms with Gasteiger partial charge in [-0.2, -0.15) is 0 Å². The first-order chi connectivity index (χ1) is 8.74. The molecule has 3 heteroatoms. The highest BCUT2D eigenvalue weighted by Gasteiger charge is 2.24. The number of nitrogens with zero attached hydrogens (tertiary/aromatic N) is 2. The highest BCUT2D eigenvalue weighted by molar-refractivity contribution is 5.35. The molecule has 3 rings (SSSR count). The van der Waals surface area contributed by atoms with E-state index in [0.29, 0.717) is 12.1 Å². The van der Waals surface area contributed by atoms with Crippen molar-refractivity contribution in [1.29, 1.82) is 0 Å². The SMILES string of the molecule is Cc1cn(C(C)c2ccccc2)c(NC2CC2)n1. The summed E-state index contributed by atoms with van der Waals surface area (Å²) in [6.45, 7) is 4.26. The molecule has 94 valence electrons. The van der Waals surface area contributed by atoms with E-state index in [2.05, 4.69) is 58.3 Å². The van der Waals surface area contributed by atoms with Crippen molar-refractivity contribution < 1.29 is 0 Å². The molecule has 18 heavy (non-hydrogen) atoms. The molecule has 0 saturated heterocycles. The van der Waals surface area contributed by atoms with Crippen molar-refractivity contribution in [3.8, 4) is 0 Å². The van der Waals surface area contributed by atoms with Gasteiger partial charge in [0.25, 0.3) is 0 Å². The molecule has 3 nitrogen and oxygen atoms in total. The zero-order chi connectivity index (χ0) is 12.5. The van der Waals surface area contributed by atoms with Crippen LogP contribution in [-0.4, -0.2) is 15.6 Å². The summed E-state index contributed by atoms with van der Waals surface area (Å²) in [6.07, 6.45) is 4.67. The summed E-state index contributed by atoms with van der Waals surface area (Å²) >= 11 is 0. The number of rotatable bonds is 4. The normalized spacial score (nSPS) is 16.6. The standard InChI is InChI=1S/C15H19N3/c1-11-10-18(15(16-11)17-14-8-9-14)12(2)13-6-4-3-5-7-13/h3-7,10,12,14H,8-9H2,1-2H3,(H,16,17). The zero-order valence-corrected chi connectivity index (χ0v) is 10.9. The molecule has 1 aromatic heterocycles. The smallest absolute Gasteiger partial charge is 0.203 e. The van der Waals surface area contributed by atoms with Gasteiger partial charge in [-0.1, -0.05) is 30.3 Å². The van der Waals surface area contributed by atoms with Crippen LogP contribution in [0.4, 0.5) is 5.95 Å². The van der Waals surface area contributed by atoms with Gasteiger partial charge >= 0.3 is 0 Å². The number of imidazole rings is 1. The third-order valence-corrected chi connectivity index (χ3v) is 3.46. The third-order valence-electron chi connectivity index (χ3n) is 3.46. The number of aromatic nitrogens is 2. The Morgan fingerprint density at radius 3 is 2.67 bits per heavy atom. The molecule has 0 amide bonds. The Morgan fingerprint density at radius 2 is 2.00 bits per heavy atom. The summed E-state index contributed by atoms with van der Waals surface area (Å²) in [5, 5.41) is 3.51. The second-order valence-electron chi connectivity index (χ2n) is 5.12. The van der Waals surface area contributed by atoms with Crippen molar-refractivity contribution >= 4 is 5.95 Å². The number of anilines is 1. The number of benzene rings is 1. The van der Waals surface area contributed by atoms with Crippen LogP contribution in [0.5, 0.6) is 0 Å². The lowest BCUT2D eigenvalue weighted by atomic mass is 10.1. The number of aryl methyl sites for hydroxylation is 1. The van der Waals surface area contributed by atoms with Gasteiger partial charge in [-0.05, 0) is 32.3 Å². The lowest BCUT2D eigenvalue weighted by molar-refractivity contribution is 0.642. The molecular weight excluding hydrogens is 222 g/mol. The van der Waals surface area contributed by atoms with Crippen LogP contribution in [0.3, 0.4) is 0 Å². The molecule has 1 unspecified atom stereocenters. The van der Waals surface area contributed by atoms with Crippen LogP contribution < -0.4 is 5.32 Å². The van der Waals surface area contributed by atoms with Gasteiger partial charge in [-0.3, -0.25) is 0 Å². The van der Waals surface area contributed by atoms with Crippen LogP contribution in [0.25, 0.3) is 0 Å². The van der Waals surface area contributed by atoms with Crippen LogP contribution in [0.1, 0.15) is 37.1 Å². The van der Waals surface area contributed by atoms with E-state index in [9.17, 15) is 0 Å². The Kier molecular flexibility index (Phi) is 2.82. The average molecular weight is 241 g/mol. The van der Waals surface area contributed by atoms with Gasteiger partial charge < -0.3 is 9.88 Å². The first-order valence-electron chi connectivity index (χ1n) is 6.61. The molecule has 1 saturated carbocycles. The zero-order valence-electron chi connectivity index (χ0n) is 10.9. The molecule has 2 aromatic rings. The highest BCUT2D eigenvalue weighted by atomic mass is 15.2. The Hall–Kier alpha value is -1.77. The molecule has 1 fully saturated rings. The van der Waals surface area contributed by atoms with E-state index < -0.39 is 0 Å². The predicted octanol–water partition coefficient (Wildman–Crippen LogP) is 3.38. The topological polar surface area (TPSA) is 29.9 Å². The van der Waals surface area contributed by atoms with Crippen LogP contribution in [-0.2, 0) is 0 Å². The Balaban J connectivity index is 1.90. The van der Waals surface area contributed by atoms with E-state index in [1.807, 2.05) is 6.92 Å². The van der Waals surface area contributed by atoms with E-state index in [1.54, 1.807) is 0 Å². The van der Waals surface area contributed by atoms with Crippen molar-refractivity contribution in [1.82, 2.24) is 9.55 Å². The molecule has 0 radical (unpaired) electrons. The van der Waals surface area contributed by atoms with Gasteiger partial charge in [0.05, 0.1) is 11.7 Å². The molecule has 1 aromatic carbocycles. The molecule has 0 spiro atoms. The van der Waals surface area contributed by atoms with Gasteiger partial charge in [0, 0.05) is 12.2 Å². The van der Waals surface area contributed by atoms with E-state index in [4.69, 9.17) is 0 Å². The van der Waals surface area contributed by atoms with Gasteiger partial charge in [0.1, 0.15) is 0 Å². The van der Waals surface area contributed by atoms with Crippen LogP contribution in [0, 0.1) is 6.92 Å². The van der Waals surface area contributed by atoms with Crippen molar-refractivity contribution in [3.63, 3.8) is 0 Å². The Labute approximate surface area is 108 Å². The molecular formula is C15H19N3. The Morgan fingerprint density at radius 1 is 1.28 bits per heavy atom. The lowest BCUT2D eigenvalue weighted by Crippen LogP contribution is -2.12. The number of nitrogens with one attached hydrogen (secondary N) is 1. The maximum atomic E-state index is 4.59. The number of hydrogen-bond donors (Lipinski definition) is 1. The van der Waals surface area contributed by atoms with Crippen molar-refractivity contribution in [2.24, 2.45) is 0 Å². The van der Waals surface area contributed by atoms with Crippen LogP contribution >= 0.6 is 0 Å². The minimum atomic E-state index is 0.314. The lowest BCUT2D eigenvalue weighted by Gasteiger charge is -2.17. The fraction of sp³-hybridized carbons (Fsp3) is 0.400. The number of hydrogen-bond acceptors (Lipinski definition) is 2. The van der Waals surface area contributed by atoms with Crippen molar-refractivity contribution in [2.45, 2.75) is 38.8 Å². The highest BCUT2D eigenvalue weighted by Crippen LogP contribution is 2.28. The van der Waals surface area contributed by atoms with Crippen molar-refractivity contribution in [3.05, 3.63) is 47.8 Å². The molecule has 1 atom stereocenters. The van der Waals surface area contributed by atoms with E-state index in [-0.39, 0.29) is 0 Å². The summed E-state index contributed by atoms with van der Waals surface area (Å²) in [6, 6.07) is 11.5. The second kappa shape index (κ2) is 4.48. The summed E-state index contributed by atoms with van der Waals surface area (Å²) < 4.78 is 2.24. The average Bonchev–Trinajstić information content (AvgIpc) is 3.12. The predicted molar refractivity (Wildman–Crippen MR) is 73.9 cm³/mol.